The van der Waals surface area contributed by atoms with E-state index in [1.165, 1.54) is 0 Å². The molecule has 2 aliphatic rings. The summed E-state index contributed by atoms with van der Waals surface area (Å²) >= 11 is 0. The second-order valence-corrected chi connectivity index (χ2v) is 8.31. The maximum atomic E-state index is 12.8. The van der Waals surface area contributed by atoms with Crippen LogP contribution in [0.4, 0.5) is 0 Å². The van der Waals surface area contributed by atoms with Gasteiger partial charge in [-0.05, 0) is 50.1 Å². The molecule has 1 atom stereocenters. The minimum absolute atomic E-state index is 0.315. The van der Waals surface area contributed by atoms with E-state index in [4.69, 9.17) is 9.47 Å². The Bertz CT molecular complexity index is 626. The van der Waals surface area contributed by atoms with Gasteiger partial charge in [0.2, 0.25) is 10.0 Å². The monoisotopic (exact) mass is 354 g/mol. The lowest BCUT2D eigenvalue weighted by atomic mass is 10.2. The highest BCUT2D eigenvalue weighted by atomic mass is 32.2. The van der Waals surface area contributed by atoms with Gasteiger partial charge < -0.3 is 9.47 Å². The average Bonchev–Trinajstić information content (AvgIpc) is 2.98. The Morgan fingerprint density at radius 2 is 1.92 bits per heavy atom. The number of sulfonamides is 1. The first kappa shape index (κ1) is 17.7. The molecule has 0 saturated carbocycles. The molecule has 134 valence electrons. The summed E-state index contributed by atoms with van der Waals surface area (Å²) in [7, 11) is -1.87. The van der Waals surface area contributed by atoms with Gasteiger partial charge in [-0.2, -0.15) is 4.31 Å². The highest BCUT2D eigenvalue weighted by molar-refractivity contribution is 7.89. The van der Waals surface area contributed by atoms with Crippen LogP contribution in [-0.2, 0) is 14.8 Å². The number of hydrogen-bond donors (Lipinski definition) is 0. The predicted octanol–water partition coefficient (Wildman–Crippen LogP) is 1.57. The third kappa shape index (κ3) is 4.08. The Morgan fingerprint density at radius 1 is 1.12 bits per heavy atom. The van der Waals surface area contributed by atoms with Gasteiger partial charge in [0.1, 0.15) is 5.75 Å². The predicted molar refractivity (Wildman–Crippen MR) is 91.8 cm³/mol. The van der Waals surface area contributed by atoms with E-state index >= 15 is 0 Å². The summed E-state index contributed by atoms with van der Waals surface area (Å²) in [5, 5.41) is 0. The maximum absolute atomic E-state index is 12.8. The zero-order valence-electron chi connectivity index (χ0n) is 14.2. The van der Waals surface area contributed by atoms with Crippen LogP contribution in [0.15, 0.2) is 29.2 Å². The Labute approximate surface area is 144 Å². The van der Waals surface area contributed by atoms with Crippen molar-refractivity contribution in [1.82, 2.24) is 9.21 Å². The minimum atomic E-state index is -3.44. The van der Waals surface area contributed by atoms with Gasteiger partial charge in [0, 0.05) is 32.8 Å². The molecule has 2 fully saturated rings. The summed E-state index contributed by atoms with van der Waals surface area (Å²) in [6.07, 6.45) is 3.41. The second kappa shape index (κ2) is 7.82. The SMILES string of the molecule is COc1ccc(S(=O)(=O)N2CCCN(C[C@@H]3CCCO3)CC2)cc1. The Morgan fingerprint density at radius 3 is 2.58 bits per heavy atom. The molecule has 7 heteroatoms. The van der Waals surface area contributed by atoms with Crippen LogP contribution in [0.3, 0.4) is 0 Å². The first-order valence-electron chi connectivity index (χ1n) is 8.58. The molecule has 0 bridgehead atoms. The van der Waals surface area contributed by atoms with Crippen molar-refractivity contribution in [3.8, 4) is 5.75 Å². The molecule has 24 heavy (non-hydrogen) atoms. The van der Waals surface area contributed by atoms with Gasteiger partial charge in [-0.3, -0.25) is 4.90 Å². The van der Waals surface area contributed by atoms with E-state index in [-0.39, 0.29) is 0 Å². The van der Waals surface area contributed by atoms with Crippen LogP contribution < -0.4 is 4.74 Å². The van der Waals surface area contributed by atoms with E-state index in [2.05, 4.69) is 4.90 Å². The molecule has 0 unspecified atom stereocenters. The molecule has 1 aromatic rings. The van der Waals surface area contributed by atoms with Crippen LogP contribution in [0.1, 0.15) is 19.3 Å². The first-order valence-corrected chi connectivity index (χ1v) is 10.0. The van der Waals surface area contributed by atoms with Crippen molar-refractivity contribution in [2.24, 2.45) is 0 Å². The first-order chi connectivity index (χ1) is 11.6. The van der Waals surface area contributed by atoms with E-state index < -0.39 is 10.0 Å². The highest BCUT2D eigenvalue weighted by Gasteiger charge is 2.28. The quantitative estimate of drug-likeness (QED) is 0.803. The summed E-state index contributed by atoms with van der Waals surface area (Å²) in [6.45, 7) is 4.55. The van der Waals surface area contributed by atoms with Crippen LogP contribution in [-0.4, -0.2) is 70.2 Å². The lowest BCUT2D eigenvalue weighted by Gasteiger charge is -2.24. The van der Waals surface area contributed by atoms with Crippen LogP contribution in [0.5, 0.6) is 5.75 Å². The standard InChI is InChI=1S/C17H26N2O4S/c1-22-15-5-7-17(8-6-15)24(20,21)19-10-3-9-18(11-12-19)14-16-4-2-13-23-16/h5-8,16H,2-4,9-14H2,1H3/t16-/m0/s1. The average molecular weight is 354 g/mol. The molecule has 1 aromatic carbocycles. The molecule has 0 spiro atoms. The van der Waals surface area contributed by atoms with Gasteiger partial charge in [-0.15, -0.1) is 0 Å². The maximum Gasteiger partial charge on any atom is 0.243 e. The molecule has 0 amide bonds. The smallest absolute Gasteiger partial charge is 0.243 e. The van der Waals surface area contributed by atoms with Crippen molar-refractivity contribution in [3.63, 3.8) is 0 Å². The third-order valence-corrected chi connectivity index (χ3v) is 6.64. The van der Waals surface area contributed by atoms with Gasteiger partial charge in [-0.1, -0.05) is 0 Å². The van der Waals surface area contributed by atoms with Crippen molar-refractivity contribution in [2.75, 3.05) is 46.4 Å². The molecule has 0 N–H and O–H groups in total. The summed E-state index contributed by atoms with van der Waals surface area (Å²) in [4.78, 5) is 2.66. The molecule has 0 radical (unpaired) electrons. The summed E-state index contributed by atoms with van der Waals surface area (Å²) in [5.41, 5.74) is 0. The molecule has 0 aromatic heterocycles. The van der Waals surface area contributed by atoms with Crippen LogP contribution in [0.2, 0.25) is 0 Å². The van der Waals surface area contributed by atoms with Gasteiger partial charge in [0.05, 0.1) is 18.1 Å². The minimum Gasteiger partial charge on any atom is -0.497 e. The number of nitrogens with zero attached hydrogens (tertiary/aromatic N) is 2. The van der Waals surface area contributed by atoms with Crippen molar-refractivity contribution in [2.45, 2.75) is 30.3 Å². The zero-order chi connectivity index (χ0) is 17.0. The fourth-order valence-corrected chi connectivity index (χ4v) is 4.81. The third-order valence-electron chi connectivity index (χ3n) is 4.73. The second-order valence-electron chi connectivity index (χ2n) is 6.37. The van der Waals surface area contributed by atoms with Gasteiger partial charge in [-0.25, -0.2) is 8.42 Å². The summed E-state index contributed by atoms with van der Waals surface area (Å²) in [5.74, 6) is 0.660. The highest BCUT2D eigenvalue weighted by Crippen LogP contribution is 2.21. The normalized spacial score (nSPS) is 24.0. The van der Waals surface area contributed by atoms with Crippen molar-refractivity contribution < 1.29 is 17.9 Å². The van der Waals surface area contributed by atoms with E-state index in [1.54, 1.807) is 35.7 Å². The fourth-order valence-electron chi connectivity index (χ4n) is 3.34. The van der Waals surface area contributed by atoms with Gasteiger partial charge in [0.15, 0.2) is 0 Å². The van der Waals surface area contributed by atoms with E-state index in [9.17, 15) is 8.42 Å². The number of hydrogen-bond acceptors (Lipinski definition) is 5. The topological polar surface area (TPSA) is 59.1 Å². The van der Waals surface area contributed by atoms with E-state index in [0.717, 1.165) is 45.5 Å². The molecule has 0 aliphatic carbocycles. The molecule has 2 saturated heterocycles. The number of rotatable bonds is 5. The lowest BCUT2D eigenvalue weighted by Crippen LogP contribution is -2.37. The molecular weight excluding hydrogens is 328 g/mol. The summed E-state index contributed by atoms with van der Waals surface area (Å²) in [6, 6.07) is 6.61. The largest absolute Gasteiger partial charge is 0.497 e. The number of benzene rings is 1. The molecule has 3 rings (SSSR count). The number of ether oxygens (including phenoxy) is 2. The van der Waals surface area contributed by atoms with E-state index in [1.807, 2.05) is 0 Å². The van der Waals surface area contributed by atoms with E-state index in [0.29, 0.717) is 29.8 Å². The fraction of sp³-hybridized carbons (Fsp3) is 0.647. The van der Waals surface area contributed by atoms with Gasteiger partial charge >= 0.3 is 0 Å². The molecule has 2 heterocycles. The van der Waals surface area contributed by atoms with Crippen molar-refractivity contribution in [3.05, 3.63) is 24.3 Å². The lowest BCUT2D eigenvalue weighted by molar-refractivity contribution is 0.0749. The Balaban J connectivity index is 1.63. The van der Waals surface area contributed by atoms with Crippen molar-refractivity contribution in [1.29, 1.82) is 0 Å². The van der Waals surface area contributed by atoms with Gasteiger partial charge in [0.25, 0.3) is 0 Å². The Hall–Kier alpha value is -1.15. The molecule has 2 aliphatic heterocycles. The zero-order valence-corrected chi connectivity index (χ0v) is 15.0. The number of methoxy groups -OCH3 is 1. The molecular formula is C17H26N2O4S. The van der Waals surface area contributed by atoms with Crippen LogP contribution in [0.25, 0.3) is 0 Å². The van der Waals surface area contributed by atoms with Crippen LogP contribution >= 0.6 is 0 Å². The Kier molecular flexibility index (Phi) is 5.76. The molecule has 6 nitrogen and oxygen atoms in total. The van der Waals surface area contributed by atoms with Crippen LogP contribution in [0, 0.1) is 0 Å². The van der Waals surface area contributed by atoms with Crippen molar-refractivity contribution >= 4 is 10.0 Å². The summed E-state index contributed by atoms with van der Waals surface area (Å²) < 4.78 is 38.1.